The van der Waals surface area contributed by atoms with Crippen molar-refractivity contribution in [3.05, 3.63) is 90.0 Å². The van der Waals surface area contributed by atoms with Crippen molar-refractivity contribution in [2.75, 3.05) is 10.6 Å². The number of hydrogen-bond donors (Lipinski definition) is 2. The predicted molar refractivity (Wildman–Crippen MR) is 111 cm³/mol. The maximum atomic E-state index is 12.5. The summed E-state index contributed by atoms with van der Waals surface area (Å²) in [5, 5.41) is 5.62. The first-order chi connectivity index (χ1) is 13.5. The topological polar surface area (TPSA) is 67.4 Å². The molecule has 5 nitrogen and oxygen atoms in total. The van der Waals surface area contributed by atoms with Gasteiger partial charge < -0.3 is 15.4 Å². The van der Waals surface area contributed by atoms with Gasteiger partial charge >= 0.3 is 0 Å². The second-order valence-corrected chi connectivity index (χ2v) is 6.42. The molecule has 0 aliphatic rings. The molecule has 3 aromatic rings. The van der Waals surface area contributed by atoms with Gasteiger partial charge in [-0.25, -0.2) is 0 Å². The zero-order valence-corrected chi connectivity index (χ0v) is 15.8. The van der Waals surface area contributed by atoms with Gasteiger partial charge in [0.15, 0.2) is 6.10 Å². The van der Waals surface area contributed by atoms with E-state index in [1.54, 1.807) is 31.2 Å². The highest BCUT2D eigenvalue weighted by Gasteiger charge is 2.16. The summed E-state index contributed by atoms with van der Waals surface area (Å²) in [6.45, 7) is 3.61. The van der Waals surface area contributed by atoms with Crippen LogP contribution in [-0.4, -0.2) is 17.9 Å². The Morgan fingerprint density at radius 3 is 2.25 bits per heavy atom. The van der Waals surface area contributed by atoms with Crippen LogP contribution in [0, 0.1) is 6.92 Å². The van der Waals surface area contributed by atoms with Gasteiger partial charge in [0.05, 0.1) is 0 Å². The number of rotatable bonds is 6. The fourth-order valence-electron chi connectivity index (χ4n) is 2.64. The van der Waals surface area contributed by atoms with Gasteiger partial charge in [-0.2, -0.15) is 0 Å². The third kappa shape index (κ3) is 4.98. The van der Waals surface area contributed by atoms with Gasteiger partial charge in [-0.3, -0.25) is 9.59 Å². The van der Waals surface area contributed by atoms with Crippen LogP contribution in [-0.2, 0) is 4.79 Å². The normalized spacial score (nSPS) is 11.4. The molecule has 2 amide bonds. The van der Waals surface area contributed by atoms with E-state index in [4.69, 9.17) is 4.74 Å². The number of amides is 2. The van der Waals surface area contributed by atoms with E-state index < -0.39 is 6.10 Å². The van der Waals surface area contributed by atoms with Crippen molar-refractivity contribution in [3.8, 4) is 5.75 Å². The summed E-state index contributed by atoms with van der Waals surface area (Å²) in [4.78, 5) is 24.9. The molecule has 0 bridgehead atoms. The lowest BCUT2D eigenvalue weighted by atomic mass is 10.1. The molecule has 0 radical (unpaired) electrons. The van der Waals surface area contributed by atoms with E-state index in [9.17, 15) is 9.59 Å². The molecule has 3 rings (SSSR count). The lowest BCUT2D eigenvalue weighted by Crippen LogP contribution is -2.30. The fraction of sp³-hybridized carbons (Fsp3) is 0.130. The minimum absolute atomic E-state index is 0.244. The van der Waals surface area contributed by atoms with Crippen molar-refractivity contribution < 1.29 is 14.3 Å². The molecule has 0 aromatic heterocycles. The monoisotopic (exact) mass is 374 g/mol. The summed E-state index contributed by atoms with van der Waals surface area (Å²) >= 11 is 0. The van der Waals surface area contributed by atoms with Crippen LogP contribution >= 0.6 is 0 Å². The van der Waals surface area contributed by atoms with E-state index in [-0.39, 0.29) is 11.8 Å². The first-order valence-electron chi connectivity index (χ1n) is 9.02. The van der Waals surface area contributed by atoms with E-state index >= 15 is 0 Å². The third-order valence-corrected chi connectivity index (χ3v) is 4.19. The Bertz CT molecular complexity index is 970. The molecule has 142 valence electrons. The zero-order chi connectivity index (χ0) is 19.9. The van der Waals surface area contributed by atoms with Crippen molar-refractivity contribution in [1.29, 1.82) is 0 Å². The van der Waals surface area contributed by atoms with E-state index in [1.807, 2.05) is 61.5 Å². The van der Waals surface area contributed by atoms with E-state index in [1.165, 1.54) is 0 Å². The van der Waals surface area contributed by atoms with Crippen LogP contribution in [0.25, 0.3) is 0 Å². The number of aryl methyl sites for hydroxylation is 1. The van der Waals surface area contributed by atoms with Crippen molar-refractivity contribution in [1.82, 2.24) is 0 Å². The Morgan fingerprint density at radius 1 is 0.821 bits per heavy atom. The summed E-state index contributed by atoms with van der Waals surface area (Å²) < 4.78 is 5.74. The molecule has 0 fully saturated rings. The van der Waals surface area contributed by atoms with Gasteiger partial charge in [-0.05, 0) is 55.8 Å². The zero-order valence-electron chi connectivity index (χ0n) is 15.8. The molecule has 1 unspecified atom stereocenters. The van der Waals surface area contributed by atoms with Crippen molar-refractivity contribution in [3.63, 3.8) is 0 Å². The third-order valence-electron chi connectivity index (χ3n) is 4.19. The SMILES string of the molecule is Cc1ccccc1OC(C)C(=O)Nc1cccc(C(=O)Nc2ccccc2)c1. The van der Waals surface area contributed by atoms with Crippen LogP contribution in [0.1, 0.15) is 22.8 Å². The maximum absolute atomic E-state index is 12.5. The van der Waals surface area contributed by atoms with Crippen molar-refractivity contribution in [2.24, 2.45) is 0 Å². The Balaban J connectivity index is 1.64. The number of carbonyl (C=O) groups excluding carboxylic acids is 2. The average molecular weight is 374 g/mol. The number of carbonyl (C=O) groups is 2. The van der Waals surface area contributed by atoms with Crippen LogP contribution in [0.5, 0.6) is 5.75 Å². The standard InChI is InChI=1S/C23H22N2O3/c1-16-9-6-7-14-21(16)28-17(2)22(26)25-20-13-8-10-18(15-20)23(27)24-19-11-4-3-5-12-19/h3-15,17H,1-2H3,(H,24,27)(H,25,26). The number of benzene rings is 3. The second kappa shape index (κ2) is 8.86. The molecule has 3 aromatic carbocycles. The van der Waals surface area contributed by atoms with Crippen LogP contribution in [0.15, 0.2) is 78.9 Å². The first-order valence-corrected chi connectivity index (χ1v) is 9.02. The number of hydrogen-bond acceptors (Lipinski definition) is 3. The quantitative estimate of drug-likeness (QED) is 0.660. The second-order valence-electron chi connectivity index (χ2n) is 6.42. The molecule has 0 aliphatic carbocycles. The average Bonchev–Trinajstić information content (AvgIpc) is 2.70. The lowest BCUT2D eigenvalue weighted by molar-refractivity contribution is -0.122. The summed E-state index contributed by atoms with van der Waals surface area (Å²) in [5.41, 5.74) is 2.66. The number of ether oxygens (including phenoxy) is 1. The number of nitrogens with one attached hydrogen (secondary N) is 2. The van der Waals surface area contributed by atoms with Crippen LogP contribution < -0.4 is 15.4 Å². The summed E-state index contributed by atoms with van der Waals surface area (Å²) in [7, 11) is 0. The van der Waals surface area contributed by atoms with Gasteiger partial charge in [0.1, 0.15) is 5.75 Å². The van der Waals surface area contributed by atoms with E-state index in [2.05, 4.69) is 10.6 Å². The highest BCUT2D eigenvalue weighted by Crippen LogP contribution is 2.19. The Labute approximate surface area is 164 Å². The molecule has 0 saturated heterocycles. The molecular weight excluding hydrogens is 352 g/mol. The summed E-state index contributed by atoms with van der Waals surface area (Å²) in [6, 6.07) is 23.5. The van der Waals surface area contributed by atoms with Gasteiger partial charge in [-0.1, -0.05) is 42.5 Å². The Kier molecular flexibility index (Phi) is 6.07. The molecule has 2 N–H and O–H groups in total. The minimum atomic E-state index is -0.678. The van der Waals surface area contributed by atoms with Gasteiger partial charge in [0, 0.05) is 16.9 Å². The fourth-order valence-corrected chi connectivity index (χ4v) is 2.64. The van der Waals surface area contributed by atoms with Gasteiger partial charge in [0.2, 0.25) is 0 Å². The van der Waals surface area contributed by atoms with Crippen molar-refractivity contribution in [2.45, 2.75) is 20.0 Å². The molecule has 0 saturated carbocycles. The molecule has 0 spiro atoms. The summed E-state index contributed by atoms with van der Waals surface area (Å²) in [5.74, 6) is 0.136. The highest BCUT2D eigenvalue weighted by molar-refractivity contribution is 6.05. The Morgan fingerprint density at radius 2 is 1.50 bits per heavy atom. The molecule has 0 aliphatic heterocycles. The van der Waals surface area contributed by atoms with E-state index in [0.29, 0.717) is 22.7 Å². The maximum Gasteiger partial charge on any atom is 0.265 e. The van der Waals surface area contributed by atoms with Crippen LogP contribution in [0.4, 0.5) is 11.4 Å². The largest absolute Gasteiger partial charge is 0.481 e. The highest BCUT2D eigenvalue weighted by atomic mass is 16.5. The summed E-state index contributed by atoms with van der Waals surface area (Å²) in [6.07, 6.45) is -0.678. The Hall–Kier alpha value is -3.60. The molecule has 5 heteroatoms. The van der Waals surface area contributed by atoms with E-state index in [0.717, 1.165) is 5.56 Å². The smallest absolute Gasteiger partial charge is 0.265 e. The lowest BCUT2D eigenvalue weighted by Gasteiger charge is -2.16. The van der Waals surface area contributed by atoms with Gasteiger partial charge in [-0.15, -0.1) is 0 Å². The molecular formula is C23H22N2O3. The molecule has 1 atom stereocenters. The molecule has 0 heterocycles. The van der Waals surface area contributed by atoms with Gasteiger partial charge in [0.25, 0.3) is 11.8 Å². The molecule has 28 heavy (non-hydrogen) atoms. The van der Waals surface area contributed by atoms with Crippen LogP contribution in [0.2, 0.25) is 0 Å². The minimum Gasteiger partial charge on any atom is -0.481 e. The number of anilines is 2. The first kappa shape index (κ1) is 19.2. The predicted octanol–water partition coefficient (Wildman–Crippen LogP) is 4.65. The number of para-hydroxylation sites is 2. The van der Waals surface area contributed by atoms with Crippen LogP contribution in [0.3, 0.4) is 0 Å². The van der Waals surface area contributed by atoms with Crippen molar-refractivity contribution >= 4 is 23.2 Å².